The molecule has 9 nitrogen and oxygen atoms in total. The lowest BCUT2D eigenvalue weighted by atomic mass is 10.1. The van der Waals surface area contributed by atoms with E-state index >= 15 is 0 Å². The number of rotatable bonds is 8. The van der Waals surface area contributed by atoms with Crippen LogP contribution in [0.4, 0.5) is 11.5 Å². The number of carbonyl (C=O) groups is 2. The largest absolute Gasteiger partial charge is 0.340 e. The highest BCUT2D eigenvalue weighted by molar-refractivity contribution is 9.10. The van der Waals surface area contributed by atoms with E-state index in [1.54, 1.807) is 25.2 Å². The highest BCUT2D eigenvalue weighted by Crippen LogP contribution is 2.30. The third-order valence-electron chi connectivity index (χ3n) is 5.47. The minimum Gasteiger partial charge on any atom is -0.340 e. The first-order valence-electron chi connectivity index (χ1n) is 10.6. The van der Waals surface area contributed by atoms with Gasteiger partial charge in [-0.2, -0.15) is 0 Å². The molecule has 2 amide bonds. The number of carbonyl (C=O) groups excluding carboxylic acids is 2. The van der Waals surface area contributed by atoms with Crippen molar-refractivity contribution in [2.75, 3.05) is 18.5 Å². The highest BCUT2D eigenvalue weighted by atomic mass is 79.9. The summed E-state index contributed by atoms with van der Waals surface area (Å²) in [7, 11) is 1.54. The monoisotopic (exact) mass is 538 g/mol. The summed E-state index contributed by atoms with van der Waals surface area (Å²) in [6, 6.07) is 6.68. The first-order valence-corrected chi connectivity index (χ1v) is 11.8. The second-order valence-electron chi connectivity index (χ2n) is 8.10. The first-order chi connectivity index (χ1) is 15.8. The summed E-state index contributed by atoms with van der Waals surface area (Å²) in [6.07, 6.45) is 3.15. The molecule has 2 N–H and O–H groups in total. The third-order valence-corrected chi connectivity index (χ3v) is 6.28. The second kappa shape index (κ2) is 10.3. The molecule has 0 spiro atoms. The van der Waals surface area contributed by atoms with Crippen molar-refractivity contribution in [2.24, 2.45) is 13.0 Å². The molecule has 1 saturated heterocycles. The zero-order valence-corrected chi connectivity index (χ0v) is 20.4. The molecule has 1 aliphatic carbocycles. The number of hydrogen-bond acceptors (Lipinski definition) is 6. The van der Waals surface area contributed by atoms with E-state index in [4.69, 9.17) is 21.3 Å². The van der Waals surface area contributed by atoms with Gasteiger partial charge >= 0.3 is 0 Å². The van der Waals surface area contributed by atoms with Gasteiger partial charge in [-0.1, -0.05) is 27.5 Å². The maximum absolute atomic E-state index is 13.1. The van der Waals surface area contributed by atoms with Crippen molar-refractivity contribution in [1.29, 1.82) is 0 Å². The Morgan fingerprint density at radius 2 is 2.09 bits per heavy atom. The van der Waals surface area contributed by atoms with Crippen molar-refractivity contribution < 1.29 is 19.3 Å². The molecule has 4 rings (SSSR count). The average Bonchev–Trinajstić information content (AvgIpc) is 3.60. The quantitative estimate of drug-likeness (QED) is 0.497. The first kappa shape index (κ1) is 23.7. The maximum atomic E-state index is 13.1. The number of pyridine rings is 1. The van der Waals surface area contributed by atoms with E-state index < -0.39 is 5.91 Å². The number of anilines is 2. The summed E-state index contributed by atoms with van der Waals surface area (Å²) in [5, 5.41) is 4.67. The van der Waals surface area contributed by atoms with Crippen LogP contribution >= 0.6 is 27.5 Å². The van der Waals surface area contributed by atoms with Crippen LogP contribution in [0, 0.1) is 5.92 Å². The Hall–Kier alpha value is -2.40. The number of hydroxylamine groups is 3. The van der Waals surface area contributed by atoms with E-state index in [1.165, 1.54) is 15.7 Å². The predicted molar refractivity (Wildman–Crippen MR) is 126 cm³/mol. The summed E-state index contributed by atoms with van der Waals surface area (Å²) in [5.74, 6) is -0.0196. The zero-order valence-electron chi connectivity index (χ0n) is 18.0. The SMILES string of the molecule is Cn1c(Nc2ccc(Br)cc2Cl)c(C(=O)NOCC2CC2)cc(CN2OCCCC2=O)c1=O. The van der Waals surface area contributed by atoms with Gasteiger partial charge < -0.3 is 5.32 Å². The molecular weight excluding hydrogens is 516 g/mol. The number of aromatic nitrogens is 1. The van der Waals surface area contributed by atoms with Gasteiger partial charge in [-0.25, -0.2) is 10.5 Å². The number of nitrogens with zero attached hydrogens (tertiary/aromatic N) is 2. The predicted octanol–water partition coefficient (Wildman–Crippen LogP) is 3.67. The van der Waals surface area contributed by atoms with Crippen LogP contribution in [-0.4, -0.2) is 34.7 Å². The van der Waals surface area contributed by atoms with Crippen molar-refractivity contribution in [3.63, 3.8) is 0 Å². The molecule has 1 aliphatic heterocycles. The van der Waals surface area contributed by atoms with Crippen LogP contribution in [-0.2, 0) is 28.1 Å². The number of halogens is 2. The summed E-state index contributed by atoms with van der Waals surface area (Å²) in [5.41, 5.74) is 3.02. The molecule has 0 bridgehead atoms. The molecule has 11 heteroatoms. The molecule has 1 aromatic heterocycles. The van der Waals surface area contributed by atoms with E-state index in [2.05, 4.69) is 26.7 Å². The van der Waals surface area contributed by atoms with Gasteiger partial charge in [0.05, 0.1) is 36.0 Å². The number of benzene rings is 1. The summed E-state index contributed by atoms with van der Waals surface area (Å²) in [6.45, 7) is 0.770. The number of hydrogen-bond donors (Lipinski definition) is 2. The normalized spacial score (nSPS) is 16.1. The van der Waals surface area contributed by atoms with Gasteiger partial charge in [0.2, 0.25) is 5.91 Å². The number of amides is 2. The fourth-order valence-corrected chi connectivity index (χ4v) is 4.13. The Balaban J connectivity index is 1.67. The van der Waals surface area contributed by atoms with Crippen molar-refractivity contribution >= 4 is 50.9 Å². The Kier molecular flexibility index (Phi) is 7.38. The van der Waals surface area contributed by atoms with Crippen molar-refractivity contribution in [3.8, 4) is 0 Å². The van der Waals surface area contributed by atoms with Gasteiger partial charge in [-0.3, -0.25) is 28.6 Å². The molecule has 1 aromatic carbocycles. The molecule has 0 unspecified atom stereocenters. The maximum Gasteiger partial charge on any atom is 0.278 e. The Morgan fingerprint density at radius 1 is 1.30 bits per heavy atom. The van der Waals surface area contributed by atoms with Gasteiger partial charge in [0.15, 0.2) is 0 Å². The Bertz CT molecular complexity index is 1130. The number of nitrogens with one attached hydrogen (secondary N) is 2. The van der Waals surface area contributed by atoms with Crippen molar-refractivity contribution in [3.05, 3.63) is 55.2 Å². The van der Waals surface area contributed by atoms with Crippen LogP contribution < -0.4 is 16.4 Å². The zero-order chi connectivity index (χ0) is 23.5. The molecule has 2 aromatic rings. The van der Waals surface area contributed by atoms with Gasteiger partial charge in [-0.15, -0.1) is 0 Å². The van der Waals surface area contributed by atoms with Crippen LogP contribution in [0.15, 0.2) is 33.5 Å². The Morgan fingerprint density at radius 3 is 2.79 bits per heavy atom. The minimum absolute atomic E-state index is 0.0615. The second-order valence-corrected chi connectivity index (χ2v) is 9.42. The van der Waals surface area contributed by atoms with E-state index in [9.17, 15) is 14.4 Å². The molecule has 2 aliphatic rings. The lowest BCUT2D eigenvalue weighted by Gasteiger charge is -2.26. The van der Waals surface area contributed by atoms with Crippen LogP contribution in [0.25, 0.3) is 0 Å². The van der Waals surface area contributed by atoms with Gasteiger partial charge in [0, 0.05) is 23.5 Å². The third kappa shape index (κ3) is 5.75. The molecule has 2 heterocycles. The van der Waals surface area contributed by atoms with E-state index in [0.29, 0.717) is 42.7 Å². The average molecular weight is 540 g/mol. The van der Waals surface area contributed by atoms with Crippen molar-refractivity contribution in [2.45, 2.75) is 32.2 Å². The molecule has 0 atom stereocenters. The van der Waals surface area contributed by atoms with Gasteiger partial charge in [0.1, 0.15) is 5.82 Å². The fraction of sp³-hybridized carbons (Fsp3) is 0.409. The van der Waals surface area contributed by atoms with Crippen LogP contribution in [0.1, 0.15) is 41.6 Å². The minimum atomic E-state index is -0.519. The lowest BCUT2D eigenvalue weighted by molar-refractivity contribution is -0.202. The van der Waals surface area contributed by atoms with Crippen LogP contribution in [0.5, 0.6) is 0 Å². The molecule has 0 radical (unpaired) electrons. The molecular formula is C22H24BrClN4O5. The van der Waals surface area contributed by atoms with Crippen LogP contribution in [0.3, 0.4) is 0 Å². The molecule has 2 fully saturated rings. The standard InChI is InChI=1S/C22H24BrClN4O5/c1-27-20(25-18-7-6-15(23)10-17(18)24)16(21(30)26-32-12-13-4-5-13)9-14(22(27)31)11-28-19(29)3-2-8-33-28/h6-7,9-10,13,25H,2-5,8,11-12H2,1H3,(H,26,30). The topological polar surface area (TPSA) is 102 Å². The molecule has 176 valence electrons. The van der Waals surface area contributed by atoms with Gasteiger partial charge in [0.25, 0.3) is 11.5 Å². The molecule has 33 heavy (non-hydrogen) atoms. The van der Waals surface area contributed by atoms with E-state index in [-0.39, 0.29) is 35.0 Å². The summed E-state index contributed by atoms with van der Waals surface area (Å²) in [4.78, 5) is 49.1. The fourth-order valence-electron chi connectivity index (χ4n) is 3.41. The summed E-state index contributed by atoms with van der Waals surface area (Å²) < 4.78 is 2.11. The lowest BCUT2D eigenvalue weighted by Crippen LogP contribution is -2.38. The van der Waals surface area contributed by atoms with E-state index in [1.807, 2.05) is 0 Å². The highest BCUT2D eigenvalue weighted by Gasteiger charge is 2.26. The summed E-state index contributed by atoms with van der Waals surface area (Å²) >= 11 is 9.70. The van der Waals surface area contributed by atoms with Crippen LogP contribution in [0.2, 0.25) is 5.02 Å². The Labute approximate surface area is 204 Å². The van der Waals surface area contributed by atoms with Gasteiger partial charge in [-0.05, 0) is 49.4 Å². The smallest absolute Gasteiger partial charge is 0.278 e. The molecule has 1 saturated carbocycles. The van der Waals surface area contributed by atoms with Crippen molar-refractivity contribution in [1.82, 2.24) is 15.1 Å². The van der Waals surface area contributed by atoms with E-state index in [0.717, 1.165) is 17.3 Å².